The standard InChI is InChI=1S/C14H16BrN3O3S/c1-18(8-10-4-5-12(15)21-10)9-13(19)17-14(20)16-7-11-3-2-6-22-11/h2-6H,7-9H2,1H3,(H2,16,17,19,20). The van der Waals surface area contributed by atoms with E-state index in [1.807, 2.05) is 23.6 Å². The Morgan fingerprint density at radius 1 is 1.36 bits per heavy atom. The molecule has 0 spiro atoms. The minimum atomic E-state index is -0.493. The number of hydrogen-bond acceptors (Lipinski definition) is 5. The van der Waals surface area contributed by atoms with Gasteiger partial charge in [0.05, 0.1) is 19.6 Å². The number of nitrogens with zero attached hydrogens (tertiary/aromatic N) is 1. The summed E-state index contributed by atoms with van der Waals surface area (Å²) < 4.78 is 6.01. The van der Waals surface area contributed by atoms with Crippen molar-refractivity contribution in [1.82, 2.24) is 15.5 Å². The topological polar surface area (TPSA) is 74.6 Å². The fourth-order valence-corrected chi connectivity index (χ4v) is 2.78. The zero-order valence-corrected chi connectivity index (χ0v) is 14.4. The van der Waals surface area contributed by atoms with Crippen LogP contribution in [-0.4, -0.2) is 30.4 Å². The predicted octanol–water partition coefficient (Wildman–Crippen LogP) is 2.56. The number of urea groups is 1. The van der Waals surface area contributed by atoms with Crippen molar-refractivity contribution in [3.63, 3.8) is 0 Å². The van der Waals surface area contributed by atoms with Crippen LogP contribution in [0, 0.1) is 0 Å². The molecule has 8 heteroatoms. The van der Waals surface area contributed by atoms with Gasteiger partial charge in [0.1, 0.15) is 5.76 Å². The number of thiophene rings is 1. The van der Waals surface area contributed by atoms with E-state index in [4.69, 9.17) is 4.42 Å². The van der Waals surface area contributed by atoms with Crippen molar-refractivity contribution in [2.45, 2.75) is 13.1 Å². The Morgan fingerprint density at radius 3 is 2.82 bits per heavy atom. The van der Waals surface area contributed by atoms with Gasteiger partial charge in [0, 0.05) is 4.88 Å². The number of carbonyl (C=O) groups is 2. The quantitative estimate of drug-likeness (QED) is 0.800. The van der Waals surface area contributed by atoms with E-state index in [-0.39, 0.29) is 12.5 Å². The van der Waals surface area contributed by atoms with Gasteiger partial charge in [-0.1, -0.05) is 6.07 Å². The van der Waals surface area contributed by atoms with Gasteiger partial charge in [-0.3, -0.25) is 15.0 Å². The number of amides is 3. The predicted molar refractivity (Wildman–Crippen MR) is 87.4 cm³/mol. The van der Waals surface area contributed by atoms with Crippen LogP contribution >= 0.6 is 27.3 Å². The third-order valence-corrected chi connectivity index (χ3v) is 4.03. The summed E-state index contributed by atoms with van der Waals surface area (Å²) in [5.41, 5.74) is 0. The summed E-state index contributed by atoms with van der Waals surface area (Å²) in [6, 6.07) is 6.95. The van der Waals surface area contributed by atoms with E-state index in [1.165, 1.54) is 0 Å². The van der Waals surface area contributed by atoms with Gasteiger partial charge in [0.2, 0.25) is 5.91 Å². The van der Waals surface area contributed by atoms with Crippen molar-refractivity contribution >= 4 is 39.2 Å². The van der Waals surface area contributed by atoms with Gasteiger partial charge < -0.3 is 9.73 Å². The minimum Gasteiger partial charge on any atom is -0.453 e. The lowest BCUT2D eigenvalue weighted by Gasteiger charge is -2.14. The smallest absolute Gasteiger partial charge is 0.321 e. The average molecular weight is 386 g/mol. The van der Waals surface area contributed by atoms with Gasteiger partial charge in [0.15, 0.2) is 4.67 Å². The molecule has 0 saturated carbocycles. The van der Waals surface area contributed by atoms with Crippen LogP contribution in [0.4, 0.5) is 4.79 Å². The molecule has 6 nitrogen and oxygen atoms in total. The van der Waals surface area contributed by atoms with Crippen molar-refractivity contribution in [1.29, 1.82) is 0 Å². The Bertz CT molecular complexity index is 627. The molecular formula is C14H16BrN3O3S. The molecule has 2 aromatic heterocycles. The second-order valence-corrected chi connectivity index (χ2v) is 6.50. The molecule has 0 aromatic carbocycles. The highest BCUT2D eigenvalue weighted by molar-refractivity contribution is 9.10. The van der Waals surface area contributed by atoms with Crippen molar-refractivity contribution < 1.29 is 14.0 Å². The molecule has 0 aliphatic rings. The zero-order valence-electron chi connectivity index (χ0n) is 12.0. The minimum absolute atomic E-state index is 0.102. The molecule has 2 aromatic rings. The highest BCUT2D eigenvalue weighted by Crippen LogP contribution is 2.15. The molecule has 2 rings (SSSR count). The van der Waals surface area contributed by atoms with Crippen LogP contribution in [0.2, 0.25) is 0 Å². The fraction of sp³-hybridized carbons (Fsp3) is 0.286. The molecule has 2 N–H and O–H groups in total. The van der Waals surface area contributed by atoms with E-state index < -0.39 is 6.03 Å². The number of likely N-dealkylation sites (N-methyl/N-ethyl adjacent to an activating group) is 1. The van der Waals surface area contributed by atoms with Gasteiger partial charge >= 0.3 is 6.03 Å². The molecule has 0 saturated heterocycles. The molecule has 0 atom stereocenters. The van der Waals surface area contributed by atoms with Gasteiger partial charge in [-0.05, 0) is 46.6 Å². The van der Waals surface area contributed by atoms with Crippen LogP contribution in [0.15, 0.2) is 38.7 Å². The number of nitrogens with one attached hydrogen (secondary N) is 2. The largest absolute Gasteiger partial charge is 0.453 e. The summed E-state index contributed by atoms with van der Waals surface area (Å²) >= 11 is 4.77. The Balaban J connectivity index is 1.69. The molecule has 0 unspecified atom stereocenters. The molecule has 0 fully saturated rings. The summed E-state index contributed by atoms with van der Waals surface area (Å²) in [6.45, 7) is 0.994. The summed E-state index contributed by atoms with van der Waals surface area (Å²) in [4.78, 5) is 26.2. The van der Waals surface area contributed by atoms with Crippen LogP contribution in [0.25, 0.3) is 0 Å². The normalized spacial score (nSPS) is 10.7. The molecule has 0 aliphatic heterocycles. The van der Waals surface area contributed by atoms with Crippen molar-refractivity contribution in [2.24, 2.45) is 0 Å². The first-order valence-corrected chi connectivity index (χ1v) is 8.23. The summed E-state index contributed by atoms with van der Waals surface area (Å²) in [6.07, 6.45) is 0. The van der Waals surface area contributed by atoms with Crippen LogP contribution < -0.4 is 10.6 Å². The van der Waals surface area contributed by atoms with E-state index in [1.54, 1.807) is 29.4 Å². The highest BCUT2D eigenvalue weighted by Gasteiger charge is 2.12. The number of carbonyl (C=O) groups excluding carboxylic acids is 2. The third-order valence-electron chi connectivity index (χ3n) is 2.72. The second-order valence-electron chi connectivity index (χ2n) is 4.69. The molecule has 0 bridgehead atoms. The molecule has 0 radical (unpaired) electrons. The van der Waals surface area contributed by atoms with E-state index in [0.29, 0.717) is 17.8 Å². The Hall–Kier alpha value is -1.64. The lowest BCUT2D eigenvalue weighted by Crippen LogP contribution is -2.43. The number of furan rings is 1. The monoisotopic (exact) mass is 385 g/mol. The Labute approximate surface area is 140 Å². The fourth-order valence-electron chi connectivity index (χ4n) is 1.79. The maximum absolute atomic E-state index is 11.8. The van der Waals surface area contributed by atoms with Gasteiger partial charge in [-0.15, -0.1) is 11.3 Å². The summed E-state index contributed by atoms with van der Waals surface area (Å²) in [7, 11) is 1.78. The van der Waals surface area contributed by atoms with Crippen molar-refractivity contribution in [2.75, 3.05) is 13.6 Å². The van der Waals surface area contributed by atoms with E-state index in [0.717, 1.165) is 10.6 Å². The lowest BCUT2D eigenvalue weighted by molar-refractivity contribution is -0.121. The molecule has 2 heterocycles. The third kappa shape index (κ3) is 5.63. The van der Waals surface area contributed by atoms with E-state index in [9.17, 15) is 9.59 Å². The Morgan fingerprint density at radius 2 is 2.18 bits per heavy atom. The molecule has 3 amide bonds. The Kier molecular flexibility index (Phi) is 6.17. The van der Waals surface area contributed by atoms with Crippen LogP contribution in [0.5, 0.6) is 0 Å². The SMILES string of the molecule is CN(CC(=O)NC(=O)NCc1cccs1)Cc1ccc(Br)o1. The number of rotatable bonds is 6. The van der Waals surface area contributed by atoms with Gasteiger partial charge in [-0.25, -0.2) is 4.79 Å². The first-order valence-electron chi connectivity index (χ1n) is 6.56. The van der Waals surface area contributed by atoms with Crippen molar-refractivity contribution in [3.05, 3.63) is 45.0 Å². The maximum atomic E-state index is 11.8. The molecule has 118 valence electrons. The number of imide groups is 1. The summed E-state index contributed by atoms with van der Waals surface area (Å²) in [5.74, 6) is 0.376. The van der Waals surface area contributed by atoms with Crippen LogP contribution in [0.3, 0.4) is 0 Å². The lowest BCUT2D eigenvalue weighted by atomic mass is 10.4. The maximum Gasteiger partial charge on any atom is 0.321 e. The average Bonchev–Trinajstić information content (AvgIpc) is 3.07. The number of halogens is 1. The molecular weight excluding hydrogens is 370 g/mol. The van der Waals surface area contributed by atoms with Crippen LogP contribution in [-0.2, 0) is 17.9 Å². The first-order chi connectivity index (χ1) is 10.5. The highest BCUT2D eigenvalue weighted by atomic mass is 79.9. The van der Waals surface area contributed by atoms with E-state index >= 15 is 0 Å². The zero-order chi connectivity index (χ0) is 15.9. The number of hydrogen-bond donors (Lipinski definition) is 2. The summed E-state index contributed by atoms with van der Waals surface area (Å²) in [5, 5.41) is 6.87. The second kappa shape index (κ2) is 8.11. The van der Waals surface area contributed by atoms with Crippen LogP contribution in [0.1, 0.15) is 10.6 Å². The van der Waals surface area contributed by atoms with Gasteiger partial charge in [0.25, 0.3) is 0 Å². The first kappa shape index (κ1) is 16.7. The van der Waals surface area contributed by atoms with E-state index in [2.05, 4.69) is 26.6 Å². The van der Waals surface area contributed by atoms with Crippen molar-refractivity contribution in [3.8, 4) is 0 Å². The molecule has 0 aliphatic carbocycles. The molecule has 22 heavy (non-hydrogen) atoms. The van der Waals surface area contributed by atoms with Gasteiger partial charge in [-0.2, -0.15) is 0 Å².